The van der Waals surface area contributed by atoms with Gasteiger partial charge in [-0.3, -0.25) is 0 Å². The lowest BCUT2D eigenvalue weighted by Crippen LogP contribution is -2.06. The van der Waals surface area contributed by atoms with Gasteiger partial charge in [-0.1, -0.05) is 55.0 Å². The van der Waals surface area contributed by atoms with Crippen LogP contribution >= 0.6 is 0 Å². The Labute approximate surface area is 110 Å². The maximum absolute atomic E-state index is 12.7. The summed E-state index contributed by atoms with van der Waals surface area (Å²) in [7, 11) is 0. The molecule has 0 bridgehead atoms. The zero-order chi connectivity index (χ0) is 14.0. The van der Waals surface area contributed by atoms with Crippen molar-refractivity contribution < 1.29 is 13.2 Å². The average molecular weight is 264 g/mol. The molecule has 1 unspecified atom stereocenters. The summed E-state index contributed by atoms with van der Waals surface area (Å²) in [5.41, 5.74) is 2.22. The van der Waals surface area contributed by atoms with Gasteiger partial charge in [0.05, 0.1) is 5.56 Å². The average Bonchev–Trinajstić information content (AvgIpc) is 2.37. The minimum absolute atomic E-state index is 0.0535. The van der Waals surface area contributed by atoms with Gasteiger partial charge in [0.25, 0.3) is 0 Å². The van der Waals surface area contributed by atoms with E-state index in [2.05, 4.69) is 0 Å². The Balaban J connectivity index is 2.37. The zero-order valence-electron chi connectivity index (χ0n) is 10.8. The summed E-state index contributed by atoms with van der Waals surface area (Å²) in [6.45, 7) is 3.90. The van der Waals surface area contributed by atoms with Crippen molar-refractivity contribution in [1.82, 2.24) is 0 Å². The van der Waals surface area contributed by atoms with Gasteiger partial charge < -0.3 is 0 Å². The fourth-order valence-corrected chi connectivity index (χ4v) is 2.12. The lowest BCUT2D eigenvalue weighted by Gasteiger charge is -2.15. The first-order valence-electron chi connectivity index (χ1n) is 6.11. The zero-order valence-corrected chi connectivity index (χ0v) is 10.8. The summed E-state index contributed by atoms with van der Waals surface area (Å²) >= 11 is 0. The second-order valence-corrected chi connectivity index (χ2v) is 4.76. The quantitative estimate of drug-likeness (QED) is 0.702. The largest absolute Gasteiger partial charge is 0.416 e. The van der Waals surface area contributed by atoms with E-state index >= 15 is 0 Å². The fourth-order valence-electron chi connectivity index (χ4n) is 2.12. The molecule has 0 spiro atoms. The van der Waals surface area contributed by atoms with Gasteiger partial charge in [-0.25, -0.2) is 0 Å². The number of hydrogen-bond acceptors (Lipinski definition) is 0. The Bertz CT molecular complexity index is 570. The Hall–Kier alpha value is -1.77. The van der Waals surface area contributed by atoms with Crippen molar-refractivity contribution in [3.8, 4) is 0 Å². The molecule has 0 saturated carbocycles. The predicted octanol–water partition coefficient (Wildman–Crippen LogP) is 5.17. The summed E-state index contributed by atoms with van der Waals surface area (Å²) < 4.78 is 38.1. The maximum atomic E-state index is 12.7. The van der Waals surface area contributed by atoms with Crippen LogP contribution in [0.5, 0.6) is 0 Å². The van der Waals surface area contributed by atoms with Gasteiger partial charge >= 0.3 is 6.18 Å². The molecule has 0 radical (unpaired) electrons. The van der Waals surface area contributed by atoms with Crippen molar-refractivity contribution in [2.24, 2.45) is 0 Å². The number of halogens is 3. The smallest absolute Gasteiger partial charge is 0.166 e. The minimum Gasteiger partial charge on any atom is -0.166 e. The minimum atomic E-state index is -4.29. The summed E-state index contributed by atoms with van der Waals surface area (Å²) in [5, 5.41) is 0. The first-order chi connectivity index (χ1) is 8.88. The van der Waals surface area contributed by atoms with Crippen LogP contribution in [-0.2, 0) is 6.18 Å². The van der Waals surface area contributed by atoms with Gasteiger partial charge in [-0.2, -0.15) is 13.2 Å². The van der Waals surface area contributed by atoms with Crippen molar-refractivity contribution in [1.29, 1.82) is 0 Å². The third-order valence-corrected chi connectivity index (χ3v) is 3.26. The van der Waals surface area contributed by atoms with Crippen LogP contribution < -0.4 is 0 Å². The predicted molar refractivity (Wildman–Crippen MR) is 70.1 cm³/mol. The molecule has 0 aliphatic carbocycles. The highest BCUT2D eigenvalue weighted by Crippen LogP contribution is 2.32. The molecule has 3 heteroatoms. The third-order valence-electron chi connectivity index (χ3n) is 3.26. The molecule has 0 amide bonds. The third kappa shape index (κ3) is 3.16. The molecule has 2 rings (SSSR count). The molecular formula is C16H15F3. The molecule has 0 nitrogen and oxygen atoms in total. The van der Waals surface area contributed by atoms with Crippen molar-refractivity contribution in [3.05, 3.63) is 70.8 Å². The Morgan fingerprint density at radius 3 is 2.05 bits per heavy atom. The van der Waals surface area contributed by atoms with Gasteiger partial charge in [0, 0.05) is 5.92 Å². The summed E-state index contributed by atoms with van der Waals surface area (Å²) in [5.74, 6) is -0.0535. The van der Waals surface area contributed by atoms with Gasteiger partial charge in [-0.15, -0.1) is 0 Å². The number of alkyl halides is 3. The topological polar surface area (TPSA) is 0 Å². The SMILES string of the molecule is Cc1cccc(C(C)c2cccc(C(F)(F)F)c2)c1. The van der Waals surface area contributed by atoms with E-state index in [4.69, 9.17) is 0 Å². The van der Waals surface area contributed by atoms with E-state index in [0.717, 1.165) is 17.2 Å². The first-order valence-corrected chi connectivity index (χ1v) is 6.11. The van der Waals surface area contributed by atoms with Crippen LogP contribution in [-0.4, -0.2) is 0 Å². The normalized spacial score (nSPS) is 13.3. The van der Waals surface area contributed by atoms with Crippen molar-refractivity contribution >= 4 is 0 Å². The van der Waals surface area contributed by atoms with Crippen LogP contribution in [0.2, 0.25) is 0 Å². The molecular weight excluding hydrogens is 249 g/mol. The molecule has 1 atom stereocenters. The van der Waals surface area contributed by atoms with Crippen LogP contribution in [0.3, 0.4) is 0 Å². The summed E-state index contributed by atoms with van der Waals surface area (Å²) in [4.78, 5) is 0. The van der Waals surface area contributed by atoms with Gasteiger partial charge in [0.2, 0.25) is 0 Å². The molecule has 0 fully saturated rings. The van der Waals surface area contributed by atoms with E-state index in [9.17, 15) is 13.2 Å². The summed E-state index contributed by atoms with van der Waals surface area (Å²) in [6.07, 6.45) is -4.29. The van der Waals surface area contributed by atoms with Crippen LogP contribution in [0.15, 0.2) is 48.5 Å². The van der Waals surface area contributed by atoms with Crippen LogP contribution in [0.4, 0.5) is 13.2 Å². The molecule has 0 N–H and O–H groups in total. The summed E-state index contributed by atoms with van der Waals surface area (Å²) in [6, 6.07) is 13.4. The highest BCUT2D eigenvalue weighted by molar-refractivity contribution is 5.36. The molecule has 2 aromatic carbocycles. The fraction of sp³-hybridized carbons (Fsp3) is 0.250. The lowest BCUT2D eigenvalue weighted by molar-refractivity contribution is -0.137. The first kappa shape index (κ1) is 13.7. The van der Waals surface area contributed by atoms with E-state index < -0.39 is 11.7 Å². The molecule has 19 heavy (non-hydrogen) atoms. The van der Waals surface area contributed by atoms with Gasteiger partial charge in [-0.05, 0) is 24.1 Å². The van der Waals surface area contributed by atoms with Gasteiger partial charge in [0.15, 0.2) is 0 Å². The molecule has 0 heterocycles. The maximum Gasteiger partial charge on any atom is 0.416 e. The monoisotopic (exact) mass is 264 g/mol. The van der Waals surface area contributed by atoms with Crippen LogP contribution in [0.25, 0.3) is 0 Å². The van der Waals surface area contributed by atoms with Crippen molar-refractivity contribution in [3.63, 3.8) is 0 Å². The Morgan fingerprint density at radius 1 is 0.895 bits per heavy atom. The standard InChI is InChI=1S/C16H15F3/c1-11-5-3-6-13(9-11)12(2)14-7-4-8-15(10-14)16(17,18)19/h3-10,12H,1-2H3. The highest BCUT2D eigenvalue weighted by Gasteiger charge is 2.30. The van der Waals surface area contributed by atoms with Gasteiger partial charge in [0.1, 0.15) is 0 Å². The number of aryl methyl sites for hydroxylation is 1. The van der Waals surface area contributed by atoms with E-state index in [-0.39, 0.29) is 5.92 Å². The molecule has 0 aromatic heterocycles. The van der Waals surface area contributed by atoms with Crippen LogP contribution in [0.1, 0.15) is 35.1 Å². The molecule has 0 saturated heterocycles. The lowest BCUT2D eigenvalue weighted by atomic mass is 9.91. The number of hydrogen-bond donors (Lipinski definition) is 0. The van der Waals surface area contributed by atoms with E-state index in [1.807, 2.05) is 38.1 Å². The molecule has 100 valence electrons. The van der Waals surface area contributed by atoms with Crippen LogP contribution in [0, 0.1) is 6.92 Å². The molecule has 2 aromatic rings. The highest BCUT2D eigenvalue weighted by atomic mass is 19.4. The number of rotatable bonds is 2. The van der Waals surface area contributed by atoms with E-state index in [1.165, 1.54) is 12.1 Å². The molecule has 0 aliphatic rings. The second kappa shape index (κ2) is 5.08. The Morgan fingerprint density at radius 2 is 1.47 bits per heavy atom. The van der Waals surface area contributed by atoms with E-state index in [1.54, 1.807) is 6.07 Å². The van der Waals surface area contributed by atoms with E-state index in [0.29, 0.717) is 5.56 Å². The second-order valence-electron chi connectivity index (χ2n) is 4.76. The molecule has 0 aliphatic heterocycles. The van der Waals surface area contributed by atoms with Crippen molar-refractivity contribution in [2.75, 3.05) is 0 Å². The Kier molecular flexibility index (Phi) is 3.65. The number of benzene rings is 2. The van der Waals surface area contributed by atoms with Crippen molar-refractivity contribution in [2.45, 2.75) is 25.9 Å².